The van der Waals surface area contributed by atoms with Crippen LogP contribution in [0.3, 0.4) is 0 Å². The molecular weight excluding hydrogens is 284 g/mol. The van der Waals surface area contributed by atoms with E-state index < -0.39 is 11.0 Å². The van der Waals surface area contributed by atoms with Gasteiger partial charge in [0.1, 0.15) is 0 Å². The van der Waals surface area contributed by atoms with Gasteiger partial charge in [-0.25, -0.2) is 8.93 Å². The fourth-order valence-corrected chi connectivity index (χ4v) is 4.31. The highest BCUT2D eigenvalue weighted by Gasteiger charge is 2.46. The van der Waals surface area contributed by atoms with Crippen molar-refractivity contribution in [3.05, 3.63) is 12.2 Å². The average Bonchev–Trinajstić information content (AvgIpc) is 2.62. The van der Waals surface area contributed by atoms with Crippen LogP contribution in [-0.2, 0) is 15.8 Å². The van der Waals surface area contributed by atoms with Crippen molar-refractivity contribution in [2.45, 2.75) is 59.0 Å². The molecule has 0 spiro atoms. The third kappa shape index (κ3) is 4.39. The molecule has 0 aromatic carbocycles. The van der Waals surface area contributed by atoms with E-state index >= 15 is 0 Å². The third-order valence-corrected chi connectivity index (χ3v) is 5.09. The Morgan fingerprint density at radius 1 is 1.52 bits per heavy atom. The van der Waals surface area contributed by atoms with Crippen molar-refractivity contribution in [2.24, 2.45) is 11.3 Å². The van der Waals surface area contributed by atoms with E-state index in [9.17, 15) is 9.00 Å². The first-order valence-electron chi connectivity index (χ1n) is 7.72. The quantitative estimate of drug-likeness (QED) is 0.734. The molecule has 1 aliphatic heterocycles. The van der Waals surface area contributed by atoms with Crippen molar-refractivity contribution in [3.8, 4) is 0 Å². The van der Waals surface area contributed by atoms with Crippen LogP contribution in [0.2, 0.25) is 0 Å². The smallest absolute Gasteiger partial charge is 0.223 e. The predicted molar refractivity (Wildman–Crippen MR) is 89.2 cm³/mol. The van der Waals surface area contributed by atoms with Crippen molar-refractivity contribution in [1.29, 1.82) is 0 Å². The fourth-order valence-electron chi connectivity index (χ4n) is 3.49. The van der Waals surface area contributed by atoms with Gasteiger partial charge in [0.25, 0.3) is 0 Å². The van der Waals surface area contributed by atoms with Crippen LogP contribution in [0.15, 0.2) is 12.2 Å². The number of amides is 1. The molecule has 21 heavy (non-hydrogen) atoms. The molecule has 4 nitrogen and oxygen atoms in total. The van der Waals surface area contributed by atoms with Crippen LogP contribution in [0.1, 0.15) is 47.0 Å². The molecule has 0 aromatic heterocycles. The molecule has 1 saturated heterocycles. The number of hydrogen-bond donors (Lipinski definition) is 1. The van der Waals surface area contributed by atoms with Crippen LogP contribution in [-0.4, -0.2) is 40.4 Å². The van der Waals surface area contributed by atoms with Gasteiger partial charge in [-0.1, -0.05) is 39.3 Å². The third-order valence-electron chi connectivity index (χ3n) is 4.50. The zero-order valence-corrected chi connectivity index (χ0v) is 15.0. The van der Waals surface area contributed by atoms with Gasteiger partial charge in [-0.2, -0.15) is 0 Å². The van der Waals surface area contributed by atoms with Crippen molar-refractivity contribution in [1.82, 2.24) is 9.62 Å². The van der Waals surface area contributed by atoms with Crippen molar-refractivity contribution in [3.63, 3.8) is 0 Å². The Hall–Kier alpha value is -0.680. The molecule has 0 aromatic rings. The van der Waals surface area contributed by atoms with E-state index in [2.05, 4.69) is 31.6 Å². The molecule has 5 heteroatoms. The molecule has 1 fully saturated rings. The Kier molecular flexibility index (Phi) is 6.60. The lowest BCUT2D eigenvalue weighted by Gasteiger charge is -2.42. The SMILES string of the molecule is C/C=C\[C@@H]1CC(=O)N(C)[C@H]1[C@@H](N[S@@](C)=O)C(C)(C)CCC. The number of allylic oxidation sites excluding steroid dienone is 1. The lowest BCUT2D eigenvalue weighted by atomic mass is 9.74. The molecule has 0 radical (unpaired) electrons. The molecule has 1 aliphatic rings. The summed E-state index contributed by atoms with van der Waals surface area (Å²) < 4.78 is 15.0. The predicted octanol–water partition coefficient (Wildman–Crippen LogP) is 2.49. The fraction of sp³-hybridized carbons (Fsp3) is 0.812. The molecule has 1 heterocycles. The highest BCUT2D eigenvalue weighted by atomic mass is 32.2. The van der Waals surface area contributed by atoms with Crippen LogP contribution < -0.4 is 4.72 Å². The standard InChI is InChI=1S/C16H30N2O2S/c1-7-9-12-11-13(19)18(5)14(12)15(17-21(6)20)16(3,4)10-8-2/h7,9,12,14-15,17H,8,10-11H2,1-6H3/b9-7-/t12-,14-,15-,21-/m1/s1. The number of nitrogens with zero attached hydrogens (tertiary/aromatic N) is 1. The number of rotatable bonds is 7. The minimum absolute atomic E-state index is 0.0148. The summed E-state index contributed by atoms with van der Waals surface area (Å²) in [6.07, 6.45) is 8.43. The van der Waals surface area contributed by atoms with E-state index in [1.165, 1.54) is 0 Å². The molecule has 0 saturated carbocycles. The van der Waals surface area contributed by atoms with Gasteiger partial charge in [0.2, 0.25) is 5.91 Å². The second-order valence-electron chi connectivity index (χ2n) is 6.68. The molecule has 0 aliphatic carbocycles. The largest absolute Gasteiger partial charge is 0.341 e. The van der Waals surface area contributed by atoms with Gasteiger partial charge in [-0.15, -0.1) is 0 Å². The Balaban J connectivity index is 3.15. The zero-order chi connectivity index (χ0) is 16.2. The minimum Gasteiger partial charge on any atom is -0.341 e. The molecule has 122 valence electrons. The summed E-state index contributed by atoms with van der Waals surface area (Å²) in [5, 5.41) is 0. The molecular formula is C16H30N2O2S. The summed E-state index contributed by atoms with van der Waals surface area (Å²) in [4.78, 5) is 14.0. The number of hydrogen-bond acceptors (Lipinski definition) is 2. The van der Waals surface area contributed by atoms with Crippen LogP contribution in [0.25, 0.3) is 0 Å². The zero-order valence-electron chi connectivity index (χ0n) is 14.2. The van der Waals surface area contributed by atoms with Crippen molar-refractivity contribution >= 4 is 16.9 Å². The molecule has 0 unspecified atom stereocenters. The van der Waals surface area contributed by atoms with Crippen molar-refractivity contribution < 1.29 is 9.00 Å². The van der Waals surface area contributed by atoms with Gasteiger partial charge in [-0.05, 0) is 18.8 Å². The minimum atomic E-state index is -1.10. The second kappa shape index (κ2) is 7.54. The summed E-state index contributed by atoms with van der Waals surface area (Å²) in [5.74, 6) is 0.355. The maximum atomic E-state index is 12.1. The first-order chi connectivity index (χ1) is 9.74. The van der Waals surface area contributed by atoms with Crippen molar-refractivity contribution in [2.75, 3.05) is 13.3 Å². The highest BCUT2D eigenvalue weighted by Crippen LogP contribution is 2.37. The Bertz CT molecular complexity index is 421. The van der Waals surface area contributed by atoms with Gasteiger partial charge >= 0.3 is 0 Å². The summed E-state index contributed by atoms with van der Waals surface area (Å²) in [6.45, 7) is 8.54. The average molecular weight is 314 g/mol. The van der Waals surface area contributed by atoms with Gasteiger partial charge in [0.15, 0.2) is 0 Å². The van der Waals surface area contributed by atoms with Crippen LogP contribution in [0.5, 0.6) is 0 Å². The number of nitrogens with one attached hydrogen (secondary N) is 1. The van der Waals surface area contributed by atoms with E-state index in [0.717, 1.165) is 12.8 Å². The van der Waals surface area contributed by atoms with E-state index in [4.69, 9.17) is 0 Å². The second-order valence-corrected chi connectivity index (χ2v) is 7.82. The summed E-state index contributed by atoms with van der Waals surface area (Å²) in [7, 11) is 0.768. The molecule has 0 bridgehead atoms. The summed E-state index contributed by atoms with van der Waals surface area (Å²) in [5.41, 5.74) is -0.0240. The topological polar surface area (TPSA) is 49.4 Å². The normalized spacial score (nSPS) is 26.6. The molecule has 1 N–H and O–H groups in total. The summed E-state index contributed by atoms with van der Waals surface area (Å²) >= 11 is 0. The van der Waals surface area contributed by atoms with Crippen LogP contribution >= 0.6 is 0 Å². The Morgan fingerprint density at radius 3 is 2.62 bits per heavy atom. The molecule has 1 amide bonds. The van der Waals surface area contributed by atoms with E-state index in [1.54, 1.807) is 6.26 Å². The monoisotopic (exact) mass is 314 g/mol. The van der Waals surface area contributed by atoms with Gasteiger partial charge < -0.3 is 4.90 Å². The maximum Gasteiger partial charge on any atom is 0.223 e. The van der Waals surface area contributed by atoms with E-state index in [1.807, 2.05) is 24.9 Å². The maximum absolute atomic E-state index is 12.1. The first-order valence-corrected chi connectivity index (χ1v) is 9.28. The number of likely N-dealkylation sites (tertiary alicyclic amines) is 1. The van der Waals surface area contributed by atoms with Gasteiger partial charge in [0.05, 0.1) is 17.0 Å². The van der Waals surface area contributed by atoms with Crippen LogP contribution in [0.4, 0.5) is 0 Å². The summed E-state index contributed by atoms with van der Waals surface area (Å²) in [6, 6.07) is 0.0695. The molecule has 4 atom stereocenters. The highest BCUT2D eigenvalue weighted by molar-refractivity contribution is 7.82. The Labute approximate surface area is 131 Å². The molecule has 1 rings (SSSR count). The Morgan fingerprint density at radius 2 is 2.14 bits per heavy atom. The van der Waals surface area contributed by atoms with Crippen LogP contribution in [0, 0.1) is 11.3 Å². The number of carbonyl (C=O) groups is 1. The lowest BCUT2D eigenvalue weighted by Crippen LogP contribution is -2.56. The van der Waals surface area contributed by atoms with E-state index in [0.29, 0.717) is 6.42 Å². The van der Waals surface area contributed by atoms with E-state index in [-0.39, 0.29) is 29.3 Å². The number of carbonyl (C=O) groups excluding carboxylic acids is 1. The first kappa shape index (κ1) is 18.4. The van der Waals surface area contributed by atoms with Gasteiger partial charge in [0, 0.05) is 31.7 Å². The van der Waals surface area contributed by atoms with Gasteiger partial charge in [-0.3, -0.25) is 4.79 Å². The lowest BCUT2D eigenvalue weighted by molar-refractivity contribution is -0.128. The number of likely N-dealkylation sites (N-methyl/N-ethyl adjacent to an activating group) is 1.